The van der Waals surface area contributed by atoms with Crippen LogP contribution < -0.4 is 0 Å². The first-order valence-corrected chi connectivity index (χ1v) is 12.0. The number of ketones is 1. The number of hydrogen-bond acceptors (Lipinski definition) is 6. The van der Waals surface area contributed by atoms with Gasteiger partial charge in [0.2, 0.25) is 0 Å². The van der Waals surface area contributed by atoms with Crippen molar-refractivity contribution in [3.63, 3.8) is 0 Å². The average Bonchev–Trinajstić information content (AvgIpc) is 3.55. The van der Waals surface area contributed by atoms with Gasteiger partial charge in [0.15, 0.2) is 5.78 Å². The van der Waals surface area contributed by atoms with Gasteiger partial charge in [-0.3, -0.25) is 14.5 Å². The van der Waals surface area contributed by atoms with Gasteiger partial charge in [-0.1, -0.05) is 23.4 Å². The molecular weight excluding hydrogens is 443 g/mol. The van der Waals surface area contributed by atoms with Gasteiger partial charge in [0.05, 0.1) is 17.9 Å². The Kier molecular flexibility index (Phi) is 7.60. The molecule has 0 radical (unpaired) electrons. The van der Waals surface area contributed by atoms with E-state index in [9.17, 15) is 14.0 Å². The topological polar surface area (TPSA) is 88.3 Å². The fraction of sp³-hybridized carbons (Fsp3) is 0.500. The number of carbonyl (C=O) groups is 2. The van der Waals surface area contributed by atoms with Crippen LogP contribution in [0.3, 0.4) is 0 Å². The van der Waals surface area contributed by atoms with Crippen molar-refractivity contribution in [2.75, 3.05) is 13.1 Å². The van der Waals surface area contributed by atoms with E-state index >= 15 is 0 Å². The number of hydrogen-bond donors (Lipinski definition) is 2. The van der Waals surface area contributed by atoms with E-state index in [0.717, 1.165) is 30.5 Å². The molecule has 1 saturated heterocycles. The van der Waals surface area contributed by atoms with Crippen molar-refractivity contribution in [2.45, 2.75) is 56.4 Å². The van der Waals surface area contributed by atoms with Crippen molar-refractivity contribution < 1.29 is 19.1 Å². The highest BCUT2D eigenvalue weighted by Gasteiger charge is 2.40. The molecule has 33 heavy (non-hydrogen) atoms. The van der Waals surface area contributed by atoms with E-state index in [4.69, 9.17) is 17.7 Å². The Morgan fingerprint density at radius 2 is 2.03 bits per heavy atom. The molecule has 2 unspecified atom stereocenters. The summed E-state index contributed by atoms with van der Waals surface area (Å²) in [5.74, 6) is -1.03. The van der Waals surface area contributed by atoms with Crippen molar-refractivity contribution in [1.29, 1.82) is 0 Å². The zero-order chi connectivity index (χ0) is 23.4. The van der Waals surface area contributed by atoms with Gasteiger partial charge in [-0.2, -0.15) is 12.6 Å². The fourth-order valence-electron chi connectivity index (χ4n) is 4.35. The predicted octanol–water partition coefficient (Wildman–Crippen LogP) is 3.78. The van der Waals surface area contributed by atoms with Crippen molar-refractivity contribution >= 4 is 30.5 Å². The van der Waals surface area contributed by atoms with Gasteiger partial charge in [-0.15, -0.1) is 5.10 Å². The van der Waals surface area contributed by atoms with Crippen LogP contribution in [0.4, 0.5) is 4.39 Å². The van der Waals surface area contributed by atoms with Crippen LogP contribution in [-0.2, 0) is 16.1 Å². The minimum absolute atomic E-state index is 0.0206. The summed E-state index contributed by atoms with van der Waals surface area (Å²) in [4.78, 5) is 26.0. The first-order chi connectivity index (χ1) is 15.9. The first-order valence-electron chi connectivity index (χ1n) is 11.4. The number of thiol groups is 1. The molecule has 0 bridgehead atoms. The lowest BCUT2D eigenvalue weighted by Crippen LogP contribution is -2.42. The number of halogens is 1. The Hall–Kier alpha value is -2.52. The average molecular weight is 473 g/mol. The van der Waals surface area contributed by atoms with Crippen LogP contribution >= 0.6 is 12.6 Å². The van der Waals surface area contributed by atoms with E-state index in [1.54, 1.807) is 29.1 Å². The molecule has 1 aliphatic carbocycles. The van der Waals surface area contributed by atoms with Crippen molar-refractivity contribution in [2.24, 2.45) is 5.92 Å². The Labute approximate surface area is 198 Å². The molecule has 2 aliphatic rings. The molecular formula is C24H29FN4O3S. The molecule has 0 amide bonds. The van der Waals surface area contributed by atoms with Crippen molar-refractivity contribution in [1.82, 2.24) is 19.9 Å². The summed E-state index contributed by atoms with van der Waals surface area (Å²) >= 11 is 4.76. The second-order valence-electron chi connectivity index (χ2n) is 8.83. The Morgan fingerprint density at radius 3 is 2.76 bits per heavy atom. The minimum Gasteiger partial charge on any atom is -0.481 e. The first kappa shape index (κ1) is 23.6. The van der Waals surface area contributed by atoms with Crippen LogP contribution in [-0.4, -0.2) is 55.1 Å². The number of carboxylic acids is 1. The third-order valence-corrected chi connectivity index (χ3v) is 6.90. The number of aryl methyl sites for hydroxylation is 1. The summed E-state index contributed by atoms with van der Waals surface area (Å²) in [6, 6.07) is 5.96. The SMILES string of the molecule is O=C(O)CCCCn1nncc1C=C1CN(C(C(=O)C2CC2)c2ccccc2F)CCC1S. The summed E-state index contributed by atoms with van der Waals surface area (Å²) < 4.78 is 16.5. The summed E-state index contributed by atoms with van der Waals surface area (Å²) in [5.41, 5.74) is 2.29. The zero-order valence-electron chi connectivity index (χ0n) is 18.4. The standard InChI is InChI=1S/C24H29FN4O3S/c25-20-6-2-1-5-19(20)23(24(32)16-8-9-16)28-12-10-21(33)17(15-28)13-18-14-26-27-29(18)11-4-3-7-22(30)31/h1-2,5-6,13-14,16,21,23,33H,3-4,7-12,15H2,(H,30,31). The third kappa shape index (κ3) is 5.89. The van der Waals surface area contributed by atoms with E-state index in [2.05, 4.69) is 15.2 Å². The minimum atomic E-state index is -0.804. The molecule has 1 aliphatic heterocycles. The number of nitrogens with zero attached hydrogens (tertiary/aromatic N) is 4. The normalized spacial score (nSPS) is 21.3. The smallest absolute Gasteiger partial charge is 0.303 e. The van der Waals surface area contributed by atoms with Gasteiger partial charge in [-0.05, 0) is 49.8 Å². The van der Waals surface area contributed by atoms with Gasteiger partial charge in [0.1, 0.15) is 5.82 Å². The molecule has 2 aromatic rings. The fourth-order valence-corrected chi connectivity index (χ4v) is 4.62. The Balaban J connectivity index is 1.53. The molecule has 1 aromatic carbocycles. The second kappa shape index (κ2) is 10.6. The van der Waals surface area contributed by atoms with Gasteiger partial charge >= 0.3 is 5.97 Å². The second-order valence-corrected chi connectivity index (χ2v) is 9.45. The lowest BCUT2D eigenvalue weighted by Gasteiger charge is -2.37. The van der Waals surface area contributed by atoms with Crippen LogP contribution in [0.1, 0.15) is 55.8 Å². The molecule has 176 valence electrons. The maximum absolute atomic E-state index is 14.7. The Morgan fingerprint density at radius 1 is 1.24 bits per heavy atom. The predicted molar refractivity (Wildman–Crippen MR) is 125 cm³/mol. The van der Waals surface area contributed by atoms with Crippen LogP contribution in [0, 0.1) is 11.7 Å². The maximum Gasteiger partial charge on any atom is 0.303 e. The largest absolute Gasteiger partial charge is 0.481 e. The lowest BCUT2D eigenvalue weighted by atomic mass is 9.93. The summed E-state index contributed by atoms with van der Waals surface area (Å²) in [5, 5.41) is 17.0. The number of carboxylic acid groups (broad SMARTS) is 1. The van der Waals surface area contributed by atoms with Crippen molar-refractivity contribution in [3.8, 4) is 0 Å². The Bertz CT molecular complexity index is 1040. The van der Waals surface area contributed by atoms with E-state index in [1.165, 1.54) is 6.07 Å². The molecule has 2 heterocycles. The van der Waals surface area contributed by atoms with Gasteiger partial charge in [0.25, 0.3) is 0 Å². The molecule has 9 heteroatoms. The highest BCUT2D eigenvalue weighted by molar-refractivity contribution is 7.81. The lowest BCUT2D eigenvalue weighted by molar-refractivity contribution is -0.137. The molecule has 1 saturated carbocycles. The van der Waals surface area contributed by atoms with Gasteiger partial charge in [-0.25, -0.2) is 9.07 Å². The summed E-state index contributed by atoms with van der Waals surface area (Å²) in [6.07, 6.45) is 7.57. The van der Waals surface area contributed by atoms with E-state index in [-0.39, 0.29) is 29.2 Å². The number of likely N-dealkylation sites (tertiary alicyclic amines) is 1. The van der Waals surface area contributed by atoms with Crippen LogP contribution in [0.15, 0.2) is 36.0 Å². The van der Waals surface area contributed by atoms with Crippen LogP contribution in [0.25, 0.3) is 6.08 Å². The van der Waals surface area contributed by atoms with Crippen LogP contribution in [0.2, 0.25) is 0 Å². The molecule has 1 N–H and O–H groups in total. The number of aliphatic carboxylic acids is 1. The van der Waals surface area contributed by atoms with E-state index < -0.39 is 12.0 Å². The zero-order valence-corrected chi connectivity index (χ0v) is 19.3. The van der Waals surface area contributed by atoms with E-state index in [0.29, 0.717) is 38.0 Å². The number of Topliss-reactive ketones (excluding diaryl/α,β-unsaturated/α-hetero) is 1. The highest BCUT2D eigenvalue weighted by Crippen LogP contribution is 2.39. The highest BCUT2D eigenvalue weighted by atomic mass is 32.1. The van der Waals surface area contributed by atoms with Gasteiger partial charge < -0.3 is 5.11 Å². The number of aromatic nitrogens is 3. The number of benzene rings is 1. The molecule has 7 nitrogen and oxygen atoms in total. The van der Waals surface area contributed by atoms with Crippen LogP contribution in [0.5, 0.6) is 0 Å². The number of carbonyl (C=O) groups excluding carboxylic acids is 1. The third-order valence-electron chi connectivity index (χ3n) is 6.31. The number of unbranched alkanes of at least 4 members (excludes halogenated alkanes) is 1. The summed E-state index contributed by atoms with van der Waals surface area (Å²) in [6.45, 7) is 1.75. The monoisotopic (exact) mass is 472 g/mol. The molecule has 2 atom stereocenters. The van der Waals surface area contributed by atoms with Gasteiger partial charge in [0, 0.05) is 42.8 Å². The molecule has 4 rings (SSSR count). The maximum atomic E-state index is 14.7. The molecule has 1 aromatic heterocycles. The molecule has 2 fully saturated rings. The summed E-state index contributed by atoms with van der Waals surface area (Å²) in [7, 11) is 0. The van der Waals surface area contributed by atoms with E-state index in [1.807, 2.05) is 6.08 Å². The quantitative estimate of drug-likeness (QED) is 0.404. The number of piperidine rings is 1. The number of rotatable bonds is 10. The molecule has 0 spiro atoms. The van der Waals surface area contributed by atoms with Crippen molar-refractivity contribution in [3.05, 3.63) is 53.1 Å².